The van der Waals surface area contributed by atoms with E-state index >= 15 is 0 Å². The lowest BCUT2D eigenvalue weighted by atomic mass is 9.99. The van der Waals surface area contributed by atoms with Crippen molar-refractivity contribution >= 4 is 38.5 Å². The van der Waals surface area contributed by atoms with Crippen LogP contribution in [0.15, 0.2) is 102 Å². The minimum Gasteiger partial charge on any atom is -0.352 e. The van der Waals surface area contributed by atoms with Gasteiger partial charge in [-0.2, -0.15) is 0 Å². The molecule has 0 aliphatic heterocycles. The summed E-state index contributed by atoms with van der Waals surface area (Å²) in [6.45, 7) is 4.41. The van der Waals surface area contributed by atoms with Crippen LogP contribution < -0.4 is 5.32 Å². The number of benzene rings is 4. The first kappa shape index (κ1) is 27.6. The molecular formula is C33H35BrN2O2. The Hall–Kier alpha value is -3.44. The molecule has 4 nitrogen and oxygen atoms in total. The molecule has 2 unspecified atom stereocenters. The predicted octanol–water partition coefficient (Wildman–Crippen LogP) is 7.09. The first-order chi connectivity index (χ1) is 18.4. The lowest BCUT2D eigenvalue weighted by molar-refractivity contribution is -0.141. The molecule has 196 valence electrons. The maximum atomic E-state index is 14.0. The summed E-state index contributed by atoms with van der Waals surface area (Å²) in [4.78, 5) is 29.4. The van der Waals surface area contributed by atoms with Gasteiger partial charge >= 0.3 is 0 Å². The molecule has 4 aromatic rings. The van der Waals surface area contributed by atoms with Gasteiger partial charge in [-0.1, -0.05) is 108 Å². The number of fused-ring (bicyclic) bond motifs is 1. The van der Waals surface area contributed by atoms with Gasteiger partial charge in [-0.25, -0.2) is 0 Å². The summed E-state index contributed by atoms with van der Waals surface area (Å²) in [6.07, 6.45) is 2.21. The third-order valence-corrected chi connectivity index (χ3v) is 7.50. The van der Waals surface area contributed by atoms with Crippen LogP contribution in [0.4, 0.5) is 0 Å². The van der Waals surface area contributed by atoms with Gasteiger partial charge < -0.3 is 10.2 Å². The zero-order valence-corrected chi connectivity index (χ0v) is 23.7. The largest absolute Gasteiger partial charge is 0.352 e. The zero-order valence-electron chi connectivity index (χ0n) is 22.1. The smallest absolute Gasteiger partial charge is 0.243 e. The molecular weight excluding hydrogens is 536 g/mol. The third-order valence-electron chi connectivity index (χ3n) is 7.00. The highest BCUT2D eigenvalue weighted by Crippen LogP contribution is 2.22. The standard InChI is InChI=1S/C33H35BrN2O2/c1-3-24(2)35-33(38)31(22-25-11-5-4-6-12-25)36(23-26-13-9-17-29(34)21-26)32(37)20-19-28-16-10-15-27-14-7-8-18-30(27)28/h4-18,21,24,31H,3,19-20,22-23H2,1-2H3,(H,35,38). The SMILES string of the molecule is CCC(C)NC(=O)C(Cc1ccccc1)N(Cc1cccc(Br)c1)C(=O)CCc1cccc2ccccc12. The van der Waals surface area contributed by atoms with E-state index < -0.39 is 6.04 Å². The van der Waals surface area contributed by atoms with Crippen molar-refractivity contribution in [2.75, 3.05) is 0 Å². The second kappa shape index (κ2) is 13.4. The number of nitrogens with one attached hydrogen (secondary N) is 1. The molecule has 1 N–H and O–H groups in total. The summed E-state index contributed by atoms with van der Waals surface area (Å²) in [5, 5.41) is 5.47. The van der Waals surface area contributed by atoms with Crippen molar-refractivity contribution in [3.8, 4) is 0 Å². The molecule has 0 spiro atoms. The number of nitrogens with zero attached hydrogens (tertiary/aromatic N) is 1. The van der Waals surface area contributed by atoms with E-state index in [4.69, 9.17) is 0 Å². The highest BCUT2D eigenvalue weighted by molar-refractivity contribution is 9.10. The van der Waals surface area contributed by atoms with Crippen LogP contribution in [-0.4, -0.2) is 28.8 Å². The molecule has 0 saturated heterocycles. The highest BCUT2D eigenvalue weighted by Gasteiger charge is 2.30. The number of hydrogen-bond acceptors (Lipinski definition) is 2. The molecule has 2 atom stereocenters. The second-order valence-electron chi connectivity index (χ2n) is 9.81. The molecule has 5 heteroatoms. The van der Waals surface area contributed by atoms with Crippen molar-refractivity contribution in [2.24, 2.45) is 0 Å². The van der Waals surface area contributed by atoms with Gasteiger partial charge in [0.2, 0.25) is 11.8 Å². The van der Waals surface area contributed by atoms with E-state index in [9.17, 15) is 9.59 Å². The van der Waals surface area contributed by atoms with Gasteiger partial charge in [-0.05, 0) is 59.4 Å². The molecule has 0 radical (unpaired) electrons. The first-order valence-corrected chi connectivity index (χ1v) is 14.1. The van der Waals surface area contributed by atoms with Crippen molar-refractivity contribution in [3.63, 3.8) is 0 Å². The number of hydrogen-bond donors (Lipinski definition) is 1. The molecule has 2 amide bonds. The fraction of sp³-hybridized carbons (Fsp3) is 0.273. The average Bonchev–Trinajstić information content (AvgIpc) is 2.94. The Morgan fingerprint density at radius 3 is 2.32 bits per heavy atom. The topological polar surface area (TPSA) is 49.4 Å². The molecule has 0 heterocycles. The molecule has 0 aliphatic rings. The van der Waals surface area contributed by atoms with Crippen LogP contribution in [0.25, 0.3) is 10.8 Å². The first-order valence-electron chi connectivity index (χ1n) is 13.3. The molecule has 0 aliphatic carbocycles. The number of carbonyl (C=O) groups excluding carboxylic acids is 2. The van der Waals surface area contributed by atoms with Gasteiger partial charge in [-0.3, -0.25) is 9.59 Å². The second-order valence-corrected chi connectivity index (χ2v) is 10.7. The Bertz CT molecular complexity index is 1370. The number of rotatable bonds is 11. The Balaban J connectivity index is 1.65. The molecule has 38 heavy (non-hydrogen) atoms. The maximum absolute atomic E-state index is 14.0. The molecule has 4 aromatic carbocycles. The quantitative estimate of drug-likeness (QED) is 0.209. The van der Waals surface area contributed by atoms with Gasteiger partial charge in [-0.15, -0.1) is 0 Å². The van der Waals surface area contributed by atoms with Crippen LogP contribution in [0.3, 0.4) is 0 Å². The van der Waals surface area contributed by atoms with E-state index in [2.05, 4.69) is 45.5 Å². The Kier molecular flexibility index (Phi) is 9.72. The summed E-state index contributed by atoms with van der Waals surface area (Å²) in [7, 11) is 0. The minimum absolute atomic E-state index is 0.0271. The number of amides is 2. The van der Waals surface area contributed by atoms with Crippen molar-refractivity contribution in [1.29, 1.82) is 0 Å². The van der Waals surface area contributed by atoms with Gasteiger partial charge in [0.1, 0.15) is 6.04 Å². The zero-order chi connectivity index (χ0) is 26.9. The van der Waals surface area contributed by atoms with Crippen LogP contribution >= 0.6 is 15.9 Å². The molecule has 0 aromatic heterocycles. The average molecular weight is 572 g/mol. The lowest BCUT2D eigenvalue weighted by Gasteiger charge is -2.32. The van der Waals surface area contributed by atoms with Crippen LogP contribution in [0.2, 0.25) is 0 Å². The Labute approximate surface area is 234 Å². The van der Waals surface area contributed by atoms with E-state index in [0.717, 1.165) is 33.0 Å². The van der Waals surface area contributed by atoms with E-state index in [1.807, 2.05) is 86.6 Å². The van der Waals surface area contributed by atoms with Gasteiger partial charge in [0.15, 0.2) is 0 Å². The number of aryl methyl sites for hydroxylation is 1. The molecule has 0 bridgehead atoms. The normalized spacial score (nSPS) is 12.6. The summed E-state index contributed by atoms with van der Waals surface area (Å²) >= 11 is 3.55. The van der Waals surface area contributed by atoms with Crippen LogP contribution in [0.5, 0.6) is 0 Å². The van der Waals surface area contributed by atoms with Crippen molar-refractivity contribution < 1.29 is 9.59 Å². The Morgan fingerprint density at radius 2 is 1.55 bits per heavy atom. The molecule has 4 rings (SSSR count). The summed E-state index contributed by atoms with van der Waals surface area (Å²) < 4.78 is 0.946. The van der Waals surface area contributed by atoms with E-state index in [1.54, 1.807) is 4.90 Å². The fourth-order valence-electron chi connectivity index (χ4n) is 4.72. The molecule has 0 fully saturated rings. The van der Waals surface area contributed by atoms with E-state index in [0.29, 0.717) is 25.8 Å². The van der Waals surface area contributed by atoms with Gasteiger partial charge in [0.05, 0.1) is 0 Å². The monoisotopic (exact) mass is 570 g/mol. The lowest BCUT2D eigenvalue weighted by Crippen LogP contribution is -2.52. The highest BCUT2D eigenvalue weighted by atomic mass is 79.9. The molecule has 0 saturated carbocycles. The maximum Gasteiger partial charge on any atom is 0.243 e. The summed E-state index contributed by atoms with van der Waals surface area (Å²) in [5.74, 6) is -0.144. The third kappa shape index (κ3) is 7.32. The van der Waals surface area contributed by atoms with Gasteiger partial charge in [0, 0.05) is 29.9 Å². The fourth-order valence-corrected chi connectivity index (χ4v) is 5.17. The summed E-state index contributed by atoms with van der Waals surface area (Å²) in [6, 6.07) is 31.8. The number of halogens is 1. The Morgan fingerprint density at radius 1 is 0.868 bits per heavy atom. The van der Waals surface area contributed by atoms with Crippen LogP contribution in [0, 0.1) is 0 Å². The minimum atomic E-state index is -0.620. The van der Waals surface area contributed by atoms with E-state index in [-0.39, 0.29) is 17.9 Å². The van der Waals surface area contributed by atoms with Crippen molar-refractivity contribution in [2.45, 2.75) is 58.2 Å². The number of carbonyl (C=O) groups is 2. The van der Waals surface area contributed by atoms with Gasteiger partial charge in [0.25, 0.3) is 0 Å². The summed E-state index contributed by atoms with van der Waals surface area (Å²) in [5.41, 5.74) is 3.15. The van der Waals surface area contributed by atoms with Crippen LogP contribution in [0.1, 0.15) is 43.4 Å². The van der Waals surface area contributed by atoms with Crippen molar-refractivity contribution in [3.05, 3.63) is 118 Å². The van der Waals surface area contributed by atoms with Crippen molar-refractivity contribution in [1.82, 2.24) is 10.2 Å². The predicted molar refractivity (Wildman–Crippen MR) is 159 cm³/mol. The van der Waals surface area contributed by atoms with Crippen LogP contribution in [-0.2, 0) is 29.0 Å². The van der Waals surface area contributed by atoms with E-state index in [1.165, 1.54) is 5.39 Å².